The molecular formula is C20H27N7O. The molecule has 3 aromatic rings. The summed E-state index contributed by atoms with van der Waals surface area (Å²) >= 11 is 0. The van der Waals surface area contributed by atoms with Crippen LogP contribution in [-0.2, 0) is 6.54 Å². The standard InChI is InChI=1S/C20H27N7O/c1-3-27(16-9-5-4-6-10-16)13-8-12-22-20(21-2)23-15-18-24-19(26-25-18)17-11-7-14-28-17/h4-7,9-11,14H,3,8,12-13,15H2,1-2H3,(H2,21,22,23)(H,24,25,26). The molecule has 2 aromatic heterocycles. The van der Waals surface area contributed by atoms with Gasteiger partial charge in [0.15, 0.2) is 11.7 Å². The van der Waals surface area contributed by atoms with E-state index in [1.165, 1.54) is 5.69 Å². The molecule has 3 N–H and O–H groups in total. The minimum Gasteiger partial charge on any atom is -0.461 e. The predicted octanol–water partition coefficient (Wildman–Crippen LogP) is 2.65. The zero-order chi connectivity index (χ0) is 19.6. The number of anilines is 1. The SMILES string of the molecule is CCN(CCCNC(=NC)NCc1nc(-c2ccco2)n[nH]1)c1ccccc1. The van der Waals surface area contributed by atoms with Crippen molar-refractivity contribution in [2.24, 2.45) is 4.99 Å². The van der Waals surface area contributed by atoms with Crippen molar-refractivity contribution in [1.29, 1.82) is 0 Å². The zero-order valence-corrected chi connectivity index (χ0v) is 16.4. The molecule has 0 atom stereocenters. The minimum atomic E-state index is 0.498. The summed E-state index contributed by atoms with van der Waals surface area (Å²) in [4.78, 5) is 11.0. The summed E-state index contributed by atoms with van der Waals surface area (Å²) in [5, 5.41) is 13.6. The largest absolute Gasteiger partial charge is 0.461 e. The van der Waals surface area contributed by atoms with Crippen molar-refractivity contribution in [3.8, 4) is 11.6 Å². The lowest BCUT2D eigenvalue weighted by Gasteiger charge is -2.23. The predicted molar refractivity (Wildman–Crippen MR) is 111 cm³/mol. The van der Waals surface area contributed by atoms with E-state index in [1.54, 1.807) is 13.3 Å². The molecule has 28 heavy (non-hydrogen) atoms. The summed E-state index contributed by atoms with van der Waals surface area (Å²) in [5.74, 6) is 2.64. The summed E-state index contributed by atoms with van der Waals surface area (Å²) in [7, 11) is 1.76. The highest BCUT2D eigenvalue weighted by Crippen LogP contribution is 2.14. The van der Waals surface area contributed by atoms with Gasteiger partial charge in [0.2, 0.25) is 5.82 Å². The molecule has 8 heteroatoms. The van der Waals surface area contributed by atoms with Gasteiger partial charge in [0.1, 0.15) is 5.82 Å². The zero-order valence-electron chi connectivity index (χ0n) is 16.4. The summed E-state index contributed by atoms with van der Waals surface area (Å²) in [6.07, 6.45) is 2.61. The molecule has 0 amide bonds. The smallest absolute Gasteiger partial charge is 0.216 e. The first-order chi connectivity index (χ1) is 13.8. The molecule has 1 aromatic carbocycles. The monoisotopic (exact) mass is 381 g/mol. The Hall–Kier alpha value is -3.29. The highest BCUT2D eigenvalue weighted by atomic mass is 16.3. The molecule has 2 heterocycles. The molecule has 0 saturated heterocycles. The quantitative estimate of drug-likeness (QED) is 0.300. The maximum absolute atomic E-state index is 5.30. The van der Waals surface area contributed by atoms with E-state index in [-0.39, 0.29) is 0 Å². The van der Waals surface area contributed by atoms with Crippen molar-refractivity contribution in [3.63, 3.8) is 0 Å². The van der Waals surface area contributed by atoms with Crippen molar-refractivity contribution < 1.29 is 4.42 Å². The van der Waals surface area contributed by atoms with Gasteiger partial charge in [-0.1, -0.05) is 18.2 Å². The molecule has 0 bridgehead atoms. The lowest BCUT2D eigenvalue weighted by Crippen LogP contribution is -2.38. The highest BCUT2D eigenvalue weighted by molar-refractivity contribution is 5.79. The van der Waals surface area contributed by atoms with Crippen molar-refractivity contribution in [1.82, 2.24) is 25.8 Å². The van der Waals surface area contributed by atoms with Gasteiger partial charge in [-0.3, -0.25) is 10.1 Å². The highest BCUT2D eigenvalue weighted by Gasteiger charge is 2.09. The average molecular weight is 381 g/mol. The molecule has 0 fully saturated rings. The van der Waals surface area contributed by atoms with Gasteiger partial charge in [-0.05, 0) is 37.6 Å². The Bertz CT molecular complexity index is 843. The van der Waals surface area contributed by atoms with E-state index < -0.39 is 0 Å². The van der Waals surface area contributed by atoms with Crippen LogP contribution in [0.25, 0.3) is 11.6 Å². The Morgan fingerprint density at radius 3 is 2.75 bits per heavy atom. The van der Waals surface area contributed by atoms with Crippen LogP contribution < -0.4 is 15.5 Å². The van der Waals surface area contributed by atoms with E-state index in [4.69, 9.17) is 4.42 Å². The number of H-pyrrole nitrogens is 1. The Morgan fingerprint density at radius 2 is 2.04 bits per heavy atom. The fraction of sp³-hybridized carbons (Fsp3) is 0.350. The van der Waals surface area contributed by atoms with Gasteiger partial charge in [-0.15, -0.1) is 5.10 Å². The third kappa shape index (κ3) is 5.35. The molecule has 0 radical (unpaired) electrons. The van der Waals surface area contributed by atoms with Crippen LogP contribution in [0.3, 0.4) is 0 Å². The average Bonchev–Trinajstić information content (AvgIpc) is 3.42. The molecule has 0 aliphatic rings. The van der Waals surface area contributed by atoms with Crippen molar-refractivity contribution in [3.05, 3.63) is 54.6 Å². The number of hydrogen-bond acceptors (Lipinski definition) is 5. The summed E-state index contributed by atoms with van der Waals surface area (Å²) < 4.78 is 5.30. The first-order valence-electron chi connectivity index (χ1n) is 9.49. The number of guanidine groups is 1. The molecule has 8 nitrogen and oxygen atoms in total. The van der Waals surface area contributed by atoms with Crippen LogP contribution in [0.15, 0.2) is 58.1 Å². The van der Waals surface area contributed by atoms with Gasteiger partial charge in [0.25, 0.3) is 0 Å². The van der Waals surface area contributed by atoms with Gasteiger partial charge < -0.3 is 20.0 Å². The molecular weight excluding hydrogens is 354 g/mol. The molecule has 148 valence electrons. The molecule has 0 aliphatic heterocycles. The number of benzene rings is 1. The van der Waals surface area contributed by atoms with Crippen LogP contribution in [0.2, 0.25) is 0 Å². The molecule has 0 saturated carbocycles. The Morgan fingerprint density at radius 1 is 1.18 bits per heavy atom. The Labute approximate surface area is 165 Å². The first-order valence-corrected chi connectivity index (χ1v) is 9.49. The van der Waals surface area contributed by atoms with Crippen LogP contribution in [0.1, 0.15) is 19.2 Å². The summed E-state index contributed by atoms with van der Waals surface area (Å²) in [5.41, 5.74) is 1.25. The number of hydrogen-bond donors (Lipinski definition) is 3. The normalized spacial score (nSPS) is 11.4. The van der Waals surface area contributed by atoms with Crippen LogP contribution in [0.5, 0.6) is 0 Å². The van der Waals surface area contributed by atoms with E-state index in [9.17, 15) is 0 Å². The summed E-state index contributed by atoms with van der Waals surface area (Å²) in [6.45, 7) is 5.48. The van der Waals surface area contributed by atoms with Gasteiger partial charge in [0, 0.05) is 32.4 Å². The third-order valence-electron chi connectivity index (χ3n) is 4.32. The lowest BCUT2D eigenvalue weighted by molar-refractivity contribution is 0.577. The summed E-state index contributed by atoms with van der Waals surface area (Å²) in [6, 6.07) is 14.1. The second-order valence-corrected chi connectivity index (χ2v) is 6.20. The van der Waals surface area contributed by atoms with E-state index in [0.29, 0.717) is 18.1 Å². The Kier molecular flexibility index (Phi) is 7.06. The van der Waals surface area contributed by atoms with Gasteiger partial charge in [0.05, 0.1) is 12.8 Å². The second-order valence-electron chi connectivity index (χ2n) is 6.20. The number of rotatable bonds is 9. The topological polar surface area (TPSA) is 94.4 Å². The fourth-order valence-corrected chi connectivity index (χ4v) is 2.86. The van der Waals surface area contributed by atoms with Gasteiger partial charge in [-0.2, -0.15) is 0 Å². The van der Waals surface area contributed by atoms with Crippen molar-refractivity contribution in [2.75, 3.05) is 31.6 Å². The number of aliphatic imine (C=N–C) groups is 1. The van der Waals surface area contributed by atoms with Crippen LogP contribution in [-0.4, -0.2) is 47.8 Å². The van der Waals surface area contributed by atoms with Crippen LogP contribution in [0, 0.1) is 0 Å². The van der Waals surface area contributed by atoms with E-state index in [0.717, 1.165) is 37.8 Å². The lowest BCUT2D eigenvalue weighted by atomic mass is 10.2. The molecule has 0 aliphatic carbocycles. The maximum atomic E-state index is 5.30. The number of aromatic nitrogens is 3. The maximum Gasteiger partial charge on any atom is 0.216 e. The van der Waals surface area contributed by atoms with Crippen LogP contribution in [0.4, 0.5) is 5.69 Å². The van der Waals surface area contributed by atoms with Gasteiger partial charge >= 0.3 is 0 Å². The fourth-order valence-electron chi connectivity index (χ4n) is 2.86. The van der Waals surface area contributed by atoms with E-state index in [2.05, 4.69) is 66.9 Å². The van der Waals surface area contributed by atoms with E-state index >= 15 is 0 Å². The number of furan rings is 1. The van der Waals surface area contributed by atoms with Crippen molar-refractivity contribution in [2.45, 2.75) is 19.9 Å². The van der Waals surface area contributed by atoms with Gasteiger partial charge in [-0.25, -0.2) is 4.98 Å². The molecule has 3 rings (SSSR count). The first kappa shape index (κ1) is 19.5. The number of aromatic amines is 1. The molecule has 0 unspecified atom stereocenters. The second kappa shape index (κ2) is 10.1. The Balaban J connectivity index is 1.40. The van der Waals surface area contributed by atoms with E-state index in [1.807, 2.05) is 18.2 Å². The van der Waals surface area contributed by atoms with Crippen LogP contribution >= 0.6 is 0 Å². The minimum absolute atomic E-state index is 0.498. The molecule has 0 spiro atoms. The van der Waals surface area contributed by atoms with Crippen molar-refractivity contribution >= 4 is 11.6 Å². The number of nitrogens with zero attached hydrogens (tertiary/aromatic N) is 4. The third-order valence-corrected chi connectivity index (χ3v) is 4.32. The number of nitrogens with one attached hydrogen (secondary N) is 3. The number of para-hydroxylation sites is 1.